The number of nitrogens with zero attached hydrogens (tertiary/aromatic N) is 2. The maximum Gasteiger partial charge on any atom is 0.133 e. The molecular weight excluding hydrogens is 256 g/mol. The minimum atomic E-state index is 0.558. The summed E-state index contributed by atoms with van der Waals surface area (Å²) >= 11 is 6.14. The van der Waals surface area contributed by atoms with E-state index in [-0.39, 0.29) is 0 Å². The molecule has 1 atom stereocenters. The van der Waals surface area contributed by atoms with Gasteiger partial charge >= 0.3 is 0 Å². The molecular formula is C16H25ClN2. The van der Waals surface area contributed by atoms with Crippen LogP contribution in [0.2, 0.25) is 0 Å². The van der Waals surface area contributed by atoms with Crippen molar-refractivity contribution in [1.82, 2.24) is 4.98 Å². The molecule has 0 spiro atoms. The van der Waals surface area contributed by atoms with Crippen LogP contribution in [0.1, 0.15) is 49.4 Å². The van der Waals surface area contributed by atoms with Gasteiger partial charge < -0.3 is 4.90 Å². The number of hydrogen-bond acceptors (Lipinski definition) is 2. The highest BCUT2D eigenvalue weighted by Gasteiger charge is 2.20. The first-order valence-corrected chi connectivity index (χ1v) is 7.97. The third-order valence-electron chi connectivity index (χ3n) is 4.31. The van der Waals surface area contributed by atoms with Crippen LogP contribution >= 0.6 is 11.6 Å². The first kappa shape index (κ1) is 14.6. The maximum atomic E-state index is 6.14. The molecule has 1 saturated heterocycles. The van der Waals surface area contributed by atoms with E-state index in [2.05, 4.69) is 31.7 Å². The molecule has 1 unspecified atom stereocenters. The lowest BCUT2D eigenvalue weighted by Crippen LogP contribution is -2.27. The molecule has 1 aromatic rings. The summed E-state index contributed by atoms with van der Waals surface area (Å²) in [5, 5.41) is 0. The fourth-order valence-electron chi connectivity index (χ4n) is 3.06. The van der Waals surface area contributed by atoms with Crippen LogP contribution in [0.15, 0.2) is 6.07 Å². The van der Waals surface area contributed by atoms with Crippen LogP contribution in [0, 0.1) is 19.8 Å². The molecule has 0 aliphatic carbocycles. The molecule has 19 heavy (non-hydrogen) atoms. The third kappa shape index (κ3) is 3.42. The molecule has 1 fully saturated rings. The first-order chi connectivity index (χ1) is 9.15. The zero-order valence-corrected chi connectivity index (χ0v) is 13.1. The van der Waals surface area contributed by atoms with Gasteiger partial charge in [-0.2, -0.15) is 0 Å². The highest BCUT2D eigenvalue weighted by Crippen LogP contribution is 2.28. The quantitative estimate of drug-likeness (QED) is 0.760. The standard InChI is InChI=1S/C16H25ClN2/c1-4-14-6-5-8-19(9-7-14)16-15(11-17)12(2)10-13(3)18-16/h10,14H,4-9,11H2,1-3H3. The minimum absolute atomic E-state index is 0.558. The molecule has 2 heterocycles. The Morgan fingerprint density at radius 2 is 2.11 bits per heavy atom. The number of aryl methyl sites for hydroxylation is 2. The van der Waals surface area contributed by atoms with Gasteiger partial charge in [0.25, 0.3) is 0 Å². The van der Waals surface area contributed by atoms with Crippen LogP contribution < -0.4 is 4.90 Å². The number of halogens is 1. The third-order valence-corrected chi connectivity index (χ3v) is 4.58. The highest BCUT2D eigenvalue weighted by atomic mass is 35.5. The molecule has 0 N–H and O–H groups in total. The molecule has 1 aliphatic heterocycles. The molecule has 0 radical (unpaired) electrons. The largest absolute Gasteiger partial charge is 0.356 e. The number of hydrogen-bond donors (Lipinski definition) is 0. The van der Waals surface area contributed by atoms with Gasteiger partial charge in [0.05, 0.1) is 5.88 Å². The zero-order chi connectivity index (χ0) is 13.8. The molecule has 0 amide bonds. The van der Waals surface area contributed by atoms with Crippen molar-refractivity contribution >= 4 is 17.4 Å². The summed E-state index contributed by atoms with van der Waals surface area (Å²) in [6.45, 7) is 8.76. The highest BCUT2D eigenvalue weighted by molar-refractivity contribution is 6.17. The summed E-state index contributed by atoms with van der Waals surface area (Å²) in [5.74, 6) is 2.57. The van der Waals surface area contributed by atoms with Crippen LogP contribution in [0.4, 0.5) is 5.82 Å². The Morgan fingerprint density at radius 3 is 2.79 bits per heavy atom. The van der Waals surface area contributed by atoms with Crippen molar-refractivity contribution in [2.45, 2.75) is 52.3 Å². The molecule has 0 aromatic carbocycles. The second-order valence-corrected chi connectivity index (χ2v) is 5.98. The average molecular weight is 281 g/mol. The number of rotatable bonds is 3. The summed E-state index contributed by atoms with van der Waals surface area (Å²) < 4.78 is 0. The van der Waals surface area contributed by atoms with E-state index in [1.807, 2.05) is 0 Å². The van der Waals surface area contributed by atoms with Crippen LogP contribution in [-0.2, 0) is 5.88 Å². The molecule has 2 rings (SSSR count). The molecule has 1 aliphatic rings. The summed E-state index contributed by atoms with van der Waals surface area (Å²) in [6.07, 6.45) is 5.21. The number of aromatic nitrogens is 1. The van der Waals surface area contributed by atoms with Crippen LogP contribution in [0.3, 0.4) is 0 Å². The molecule has 0 saturated carbocycles. The van der Waals surface area contributed by atoms with Crippen molar-refractivity contribution in [2.24, 2.45) is 5.92 Å². The van der Waals surface area contributed by atoms with E-state index in [1.54, 1.807) is 0 Å². The second-order valence-electron chi connectivity index (χ2n) is 5.71. The lowest BCUT2D eigenvalue weighted by atomic mass is 9.98. The Hall–Kier alpha value is -0.760. The van der Waals surface area contributed by atoms with Crippen molar-refractivity contribution in [3.8, 4) is 0 Å². The maximum absolute atomic E-state index is 6.14. The zero-order valence-electron chi connectivity index (χ0n) is 12.4. The minimum Gasteiger partial charge on any atom is -0.356 e. The lowest BCUT2D eigenvalue weighted by Gasteiger charge is -2.25. The summed E-state index contributed by atoms with van der Waals surface area (Å²) in [7, 11) is 0. The molecule has 0 bridgehead atoms. The number of pyridine rings is 1. The van der Waals surface area contributed by atoms with Crippen molar-refractivity contribution < 1.29 is 0 Å². The van der Waals surface area contributed by atoms with Gasteiger partial charge in [0.15, 0.2) is 0 Å². The smallest absolute Gasteiger partial charge is 0.133 e. The number of anilines is 1. The fourth-order valence-corrected chi connectivity index (χ4v) is 3.39. The predicted octanol–water partition coefficient (Wildman–Crippen LogP) is 4.45. The van der Waals surface area contributed by atoms with E-state index in [0.717, 1.165) is 30.5 Å². The van der Waals surface area contributed by atoms with E-state index in [0.29, 0.717) is 5.88 Å². The first-order valence-electron chi connectivity index (χ1n) is 7.43. The fraction of sp³-hybridized carbons (Fsp3) is 0.688. The van der Waals surface area contributed by atoms with E-state index >= 15 is 0 Å². The molecule has 2 nitrogen and oxygen atoms in total. The predicted molar refractivity (Wildman–Crippen MR) is 83.1 cm³/mol. The van der Waals surface area contributed by atoms with Crippen LogP contribution in [-0.4, -0.2) is 18.1 Å². The average Bonchev–Trinajstić information content (AvgIpc) is 2.63. The summed E-state index contributed by atoms with van der Waals surface area (Å²) in [5.41, 5.74) is 3.58. The van der Waals surface area contributed by atoms with Crippen molar-refractivity contribution in [1.29, 1.82) is 0 Å². The Bertz CT molecular complexity index is 431. The van der Waals surface area contributed by atoms with Gasteiger partial charge in [-0.05, 0) is 50.7 Å². The Labute approximate surface area is 122 Å². The van der Waals surface area contributed by atoms with Crippen molar-refractivity contribution in [2.75, 3.05) is 18.0 Å². The van der Waals surface area contributed by atoms with Gasteiger partial charge in [0, 0.05) is 24.3 Å². The van der Waals surface area contributed by atoms with Crippen molar-refractivity contribution in [3.63, 3.8) is 0 Å². The molecule has 3 heteroatoms. The van der Waals surface area contributed by atoms with Crippen LogP contribution in [0.5, 0.6) is 0 Å². The van der Waals surface area contributed by atoms with Gasteiger partial charge in [0.1, 0.15) is 5.82 Å². The van der Waals surface area contributed by atoms with Gasteiger partial charge in [-0.3, -0.25) is 0 Å². The molecule has 1 aromatic heterocycles. The number of alkyl halides is 1. The Morgan fingerprint density at radius 1 is 1.32 bits per heavy atom. The SMILES string of the molecule is CCC1CCCN(c2nc(C)cc(C)c2CCl)CC1. The topological polar surface area (TPSA) is 16.1 Å². The Balaban J connectivity index is 2.25. The normalized spacial score (nSPS) is 20.4. The Kier molecular flexibility index (Phi) is 5.09. The van der Waals surface area contributed by atoms with Crippen molar-refractivity contribution in [3.05, 3.63) is 22.9 Å². The van der Waals surface area contributed by atoms with E-state index < -0.39 is 0 Å². The van der Waals surface area contributed by atoms with Crippen LogP contribution in [0.25, 0.3) is 0 Å². The second kappa shape index (κ2) is 6.60. The van der Waals surface area contributed by atoms with Gasteiger partial charge in [0.2, 0.25) is 0 Å². The van der Waals surface area contributed by atoms with E-state index in [4.69, 9.17) is 16.6 Å². The van der Waals surface area contributed by atoms with Gasteiger partial charge in [-0.25, -0.2) is 4.98 Å². The monoisotopic (exact) mass is 280 g/mol. The van der Waals surface area contributed by atoms with Gasteiger partial charge in [-0.1, -0.05) is 13.3 Å². The molecule has 106 valence electrons. The summed E-state index contributed by atoms with van der Waals surface area (Å²) in [6, 6.07) is 2.13. The van der Waals surface area contributed by atoms with E-state index in [9.17, 15) is 0 Å². The summed E-state index contributed by atoms with van der Waals surface area (Å²) in [4.78, 5) is 7.21. The lowest BCUT2D eigenvalue weighted by molar-refractivity contribution is 0.459. The van der Waals surface area contributed by atoms with Gasteiger partial charge in [-0.15, -0.1) is 11.6 Å². The van der Waals surface area contributed by atoms with E-state index in [1.165, 1.54) is 36.8 Å².